The monoisotopic (exact) mass is 629 g/mol. The van der Waals surface area contributed by atoms with Crippen molar-refractivity contribution in [3.05, 3.63) is 70.6 Å². The molecule has 2 aromatic carbocycles. The third-order valence-corrected chi connectivity index (χ3v) is 9.91. The number of anilines is 1. The van der Waals surface area contributed by atoms with E-state index in [0.717, 1.165) is 30.9 Å². The van der Waals surface area contributed by atoms with Gasteiger partial charge in [-0.3, -0.25) is 9.59 Å². The minimum atomic E-state index is -4.93. The van der Waals surface area contributed by atoms with Crippen molar-refractivity contribution in [2.24, 2.45) is 34.7 Å². The van der Waals surface area contributed by atoms with Gasteiger partial charge in [0.25, 0.3) is 5.91 Å². The van der Waals surface area contributed by atoms with E-state index in [9.17, 15) is 31.5 Å². The Morgan fingerprint density at radius 1 is 1.02 bits per heavy atom. The summed E-state index contributed by atoms with van der Waals surface area (Å²) in [7, 11) is 1.44. The van der Waals surface area contributed by atoms with Gasteiger partial charge in [-0.15, -0.1) is 0 Å². The Kier molecular flexibility index (Phi) is 7.36. The molecule has 4 aliphatic carbocycles. The van der Waals surface area contributed by atoms with Crippen LogP contribution in [0, 0.1) is 35.4 Å². The summed E-state index contributed by atoms with van der Waals surface area (Å²) >= 11 is 0. The van der Waals surface area contributed by atoms with Crippen LogP contribution in [0.15, 0.2) is 53.2 Å². The van der Waals surface area contributed by atoms with Crippen LogP contribution in [0.5, 0.6) is 5.75 Å². The van der Waals surface area contributed by atoms with E-state index in [4.69, 9.17) is 9.57 Å². The van der Waals surface area contributed by atoms with E-state index in [0.29, 0.717) is 41.5 Å². The zero-order valence-corrected chi connectivity index (χ0v) is 24.4. The Morgan fingerprint density at radius 2 is 1.80 bits per heavy atom. The predicted octanol–water partition coefficient (Wildman–Crippen LogP) is 6.43. The fraction of sp³-hybridized carbons (Fsp3) is 0.485. The molecule has 3 unspecified atom stereocenters. The predicted molar refractivity (Wildman–Crippen MR) is 154 cm³/mol. The van der Waals surface area contributed by atoms with E-state index < -0.39 is 47.5 Å². The summed E-state index contributed by atoms with van der Waals surface area (Å²) in [6.45, 7) is 0. The first-order valence-corrected chi connectivity index (χ1v) is 15.3. The van der Waals surface area contributed by atoms with E-state index in [-0.39, 0.29) is 48.0 Å². The van der Waals surface area contributed by atoms with E-state index in [1.807, 2.05) is 0 Å². The number of oxime groups is 1. The number of halogens is 5. The summed E-state index contributed by atoms with van der Waals surface area (Å²) in [5.41, 5.74) is 0.840. The molecule has 0 spiro atoms. The second-order valence-corrected chi connectivity index (χ2v) is 12.7. The van der Waals surface area contributed by atoms with Crippen LogP contribution in [0.1, 0.15) is 60.0 Å². The molecule has 4 fully saturated rings. The smallest absolute Gasteiger partial charge is 0.419 e. The number of methoxy groups -OCH3 is 1. The number of nitrogens with one attached hydrogen (secondary N) is 2. The number of hydrogen-bond donors (Lipinski definition) is 2. The van der Waals surface area contributed by atoms with Crippen LogP contribution >= 0.6 is 0 Å². The number of rotatable bonds is 7. The van der Waals surface area contributed by atoms with Gasteiger partial charge in [-0.05, 0) is 80.3 Å². The van der Waals surface area contributed by atoms with Gasteiger partial charge in [-0.2, -0.15) is 13.2 Å². The molecule has 0 saturated heterocycles. The van der Waals surface area contributed by atoms with Crippen LogP contribution in [0.3, 0.4) is 0 Å². The molecule has 7 nitrogen and oxygen atoms in total. The van der Waals surface area contributed by atoms with E-state index >= 15 is 0 Å². The molecule has 2 bridgehead atoms. The number of carbonyl (C=O) groups excluding carboxylic acids is 2. The Labute approximate surface area is 256 Å². The zero-order chi connectivity index (χ0) is 31.6. The van der Waals surface area contributed by atoms with Crippen LogP contribution in [0.4, 0.5) is 27.6 Å². The molecule has 1 aliphatic heterocycles. The number of nitrogens with zero attached hydrogens (tertiary/aromatic N) is 1. The Hall–Kier alpha value is -3.96. The van der Waals surface area contributed by atoms with Gasteiger partial charge in [0.15, 0.2) is 0 Å². The highest BCUT2D eigenvalue weighted by molar-refractivity contribution is 6.06. The molecule has 0 radical (unpaired) electrons. The number of benzene rings is 2. The number of allylic oxidation sites excluding steroid dienone is 1. The highest BCUT2D eigenvalue weighted by Gasteiger charge is 2.55. The highest BCUT2D eigenvalue weighted by atomic mass is 19.4. The molecule has 4 saturated carbocycles. The number of fused-ring (bicyclic) bond motifs is 3. The van der Waals surface area contributed by atoms with Crippen LogP contribution < -0.4 is 15.4 Å². The topological polar surface area (TPSA) is 89.0 Å². The van der Waals surface area contributed by atoms with Crippen molar-refractivity contribution in [1.82, 2.24) is 5.32 Å². The van der Waals surface area contributed by atoms with Gasteiger partial charge in [0.1, 0.15) is 23.8 Å². The molecule has 12 heteroatoms. The maximum absolute atomic E-state index is 14.1. The Bertz CT molecular complexity index is 1600. The van der Waals surface area contributed by atoms with Crippen molar-refractivity contribution in [3.63, 3.8) is 0 Å². The second-order valence-electron chi connectivity index (χ2n) is 12.7. The summed E-state index contributed by atoms with van der Waals surface area (Å²) in [6, 6.07) is 6.74. The lowest BCUT2D eigenvalue weighted by molar-refractivity contribution is -0.140. The van der Waals surface area contributed by atoms with Gasteiger partial charge in [0.05, 0.1) is 29.9 Å². The highest BCUT2D eigenvalue weighted by Crippen LogP contribution is 2.54. The number of carbonyl (C=O) groups is 2. The fourth-order valence-corrected chi connectivity index (χ4v) is 7.68. The average molecular weight is 630 g/mol. The molecule has 5 aliphatic rings. The van der Waals surface area contributed by atoms with Crippen LogP contribution in [0.2, 0.25) is 0 Å². The number of amides is 2. The van der Waals surface area contributed by atoms with Crippen molar-refractivity contribution in [2.45, 2.75) is 63.0 Å². The summed E-state index contributed by atoms with van der Waals surface area (Å²) < 4.78 is 73.6. The minimum Gasteiger partial charge on any atom is -0.496 e. The first kappa shape index (κ1) is 29.7. The molecule has 7 rings (SSSR count). The summed E-state index contributed by atoms with van der Waals surface area (Å²) in [5.74, 6) is -3.01. The lowest BCUT2D eigenvalue weighted by Crippen LogP contribution is -2.48. The fourth-order valence-electron chi connectivity index (χ4n) is 7.68. The van der Waals surface area contributed by atoms with Gasteiger partial charge in [0.2, 0.25) is 5.91 Å². The molecular formula is C33H32F5N3O4. The molecule has 1 heterocycles. The van der Waals surface area contributed by atoms with Crippen molar-refractivity contribution in [2.75, 3.05) is 12.4 Å². The van der Waals surface area contributed by atoms with Gasteiger partial charge in [-0.1, -0.05) is 16.8 Å². The number of alkyl halides is 4. The maximum atomic E-state index is 14.1. The summed E-state index contributed by atoms with van der Waals surface area (Å²) in [6.07, 6.45) is 0.0631. The van der Waals surface area contributed by atoms with Crippen LogP contribution in [-0.4, -0.2) is 43.0 Å². The normalized spacial score (nSPS) is 31.0. The maximum Gasteiger partial charge on any atom is 0.419 e. The van der Waals surface area contributed by atoms with Crippen molar-refractivity contribution in [1.29, 1.82) is 0 Å². The van der Waals surface area contributed by atoms with E-state index in [2.05, 4.69) is 21.9 Å². The lowest BCUT2D eigenvalue weighted by atomic mass is 9.83. The molecule has 2 N–H and O–H groups in total. The molecule has 45 heavy (non-hydrogen) atoms. The van der Waals surface area contributed by atoms with Crippen molar-refractivity contribution >= 4 is 23.2 Å². The zero-order valence-electron chi connectivity index (χ0n) is 24.4. The minimum absolute atomic E-state index is 0.114. The number of hydrogen-bond acceptors (Lipinski definition) is 5. The molecule has 2 amide bonds. The third-order valence-electron chi connectivity index (χ3n) is 9.91. The number of ether oxygens (including phenoxy) is 1. The summed E-state index contributed by atoms with van der Waals surface area (Å²) in [5, 5.41) is 9.82. The largest absolute Gasteiger partial charge is 0.496 e. The second kappa shape index (κ2) is 11.1. The van der Waals surface area contributed by atoms with E-state index in [1.165, 1.54) is 7.11 Å². The van der Waals surface area contributed by atoms with Gasteiger partial charge in [-0.25, -0.2) is 8.78 Å². The first-order chi connectivity index (χ1) is 21.5. The average Bonchev–Trinajstić information content (AvgIpc) is 3.28. The van der Waals surface area contributed by atoms with Crippen LogP contribution in [0.25, 0.3) is 0 Å². The van der Waals surface area contributed by atoms with Gasteiger partial charge >= 0.3 is 6.18 Å². The standard InChI is InChI=1S/C33H32F5N3O4/c1-44-26-9-4-16(29-22-12-17(34)13-27(22)45-41-29)11-23(26)31(42)40-30-20-7-6-19(21(20)10-15-2-3-15)28(30)32(43)39-18-5-8-25(35)24(14-18)33(36,37)38/h4-5,8-11,14-15,17,19-20,22,27-28,30H,2-3,6-7,12-13H2,1H3,(H,39,43)(H,40,42)/b21-10-/t17?,19-,20+,22?,27?,28-,30+/m0/s1. The molecule has 0 aromatic heterocycles. The van der Waals surface area contributed by atoms with E-state index in [1.54, 1.807) is 18.2 Å². The molecule has 2 aromatic rings. The summed E-state index contributed by atoms with van der Waals surface area (Å²) in [4.78, 5) is 33.1. The SMILES string of the molecule is COc1ccc(C2=NOC3CC(F)CC23)cc1C(=O)N[C@H]1[C@@H](C(=O)Nc2ccc(F)c(C(F)(F)F)c2)[C@H]2CC[C@@H]1/C2=C\C1CC1. The first-order valence-electron chi connectivity index (χ1n) is 15.3. The molecular weight excluding hydrogens is 597 g/mol. The quantitative estimate of drug-likeness (QED) is 0.273. The van der Waals surface area contributed by atoms with Gasteiger partial charge < -0.3 is 20.2 Å². The van der Waals surface area contributed by atoms with Crippen LogP contribution in [-0.2, 0) is 15.8 Å². The molecule has 238 valence electrons. The van der Waals surface area contributed by atoms with Crippen molar-refractivity contribution < 1.29 is 41.1 Å². The molecule has 7 atom stereocenters. The Morgan fingerprint density at radius 3 is 2.53 bits per heavy atom. The Balaban J connectivity index is 1.17. The van der Waals surface area contributed by atoms with Crippen molar-refractivity contribution in [3.8, 4) is 5.75 Å². The van der Waals surface area contributed by atoms with Gasteiger partial charge in [0, 0.05) is 35.5 Å². The lowest BCUT2D eigenvalue weighted by Gasteiger charge is -2.30. The third kappa shape index (κ3) is 5.46.